The number of aromatic nitrogens is 1. The van der Waals surface area contributed by atoms with E-state index in [0.717, 1.165) is 93.7 Å². The molecule has 3 saturated carbocycles. The number of aryl methyl sites for hydroxylation is 4. The number of aliphatic hydroxyl groups excluding tert-OH is 1. The fourth-order valence-corrected chi connectivity index (χ4v) is 9.03. The summed E-state index contributed by atoms with van der Waals surface area (Å²) in [6.07, 6.45) is 27.6. The highest BCUT2D eigenvalue weighted by atomic mass is 32.1. The van der Waals surface area contributed by atoms with E-state index in [-0.39, 0.29) is 6.10 Å². The molecule has 3 aliphatic carbocycles. The lowest BCUT2D eigenvalue weighted by Crippen LogP contribution is -2.23. The second kappa shape index (κ2) is 51.3. The molecule has 3 aliphatic heterocycles. The molecule has 5 nitrogen and oxygen atoms in total. The maximum absolute atomic E-state index is 9.03. The third kappa shape index (κ3) is 52.7. The summed E-state index contributed by atoms with van der Waals surface area (Å²) in [7, 11) is 0. The number of fused-ring (bicyclic) bond motifs is 1. The maximum atomic E-state index is 9.03. The number of hydrogen-bond acceptors (Lipinski definition) is 6. The molecule has 3 aromatic carbocycles. The quantitative estimate of drug-likeness (QED) is 0.191. The molecule has 456 valence electrons. The SMILES string of the molecule is CC(C)(C)C.CC1CCC(O)CC1.CC1CCCC1.CC1CCCCC1.CC1CCOC1.CC1CCOCC1.CC1COC1.CCCCC.Cc1ccc2ccccc2c1.Cc1ccccc1.Cc1ccccn1.Cc1cccs1. The van der Waals surface area contributed by atoms with Gasteiger partial charge in [0.2, 0.25) is 0 Å². The highest BCUT2D eigenvalue weighted by molar-refractivity contribution is 7.09. The summed E-state index contributed by atoms with van der Waals surface area (Å²) in [4.78, 5) is 5.36. The Morgan fingerprint density at radius 2 is 0.938 bits per heavy atom. The van der Waals surface area contributed by atoms with E-state index in [1.807, 2.05) is 43.3 Å². The van der Waals surface area contributed by atoms with Crippen LogP contribution in [0.25, 0.3) is 10.8 Å². The van der Waals surface area contributed by atoms with Crippen molar-refractivity contribution in [1.29, 1.82) is 0 Å². The van der Waals surface area contributed by atoms with Crippen LogP contribution in [0.3, 0.4) is 0 Å². The topological polar surface area (TPSA) is 60.8 Å². The predicted molar refractivity (Wildman–Crippen MR) is 356 cm³/mol. The number of rotatable bonds is 2. The van der Waals surface area contributed by atoms with Gasteiger partial charge in [0.25, 0.3) is 0 Å². The zero-order valence-electron chi connectivity index (χ0n) is 54.7. The zero-order valence-corrected chi connectivity index (χ0v) is 55.5. The monoisotopic (exact) mass is 1120 g/mol. The van der Waals surface area contributed by atoms with Crippen molar-refractivity contribution in [3.05, 3.63) is 136 Å². The Kier molecular flexibility index (Phi) is 49.1. The Labute approximate surface area is 499 Å². The summed E-state index contributed by atoms with van der Waals surface area (Å²) in [5.74, 6) is 5.52. The minimum absolute atomic E-state index is 0.0196. The Balaban J connectivity index is 0.000000857. The van der Waals surface area contributed by atoms with Crippen LogP contribution in [0.1, 0.15) is 227 Å². The summed E-state index contributed by atoms with van der Waals surface area (Å²) in [6, 6.07) is 35.2. The van der Waals surface area contributed by atoms with Gasteiger partial charge in [-0.2, -0.15) is 0 Å². The molecular formula is C74H125NO4S. The van der Waals surface area contributed by atoms with Gasteiger partial charge in [0, 0.05) is 49.1 Å². The molecule has 5 aromatic rings. The van der Waals surface area contributed by atoms with Crippen molar-refractivity contribution < 1.29 is 19.3 Å². The van der Waals surface area contributed by atoms with Crippen LogP contribution in [0.5, 0.6) is 0 Å². The van der Waals surface area contributed by atoms with E-state index in [4.69, 9.17) is 19.3 Å². The molecule has 1 N–H and O–H groups in total. The molecule has 0 amide bonds. The average molecular weight is 1120 g/mol. The Morgan fingerprint density at radius 3 is 1.21 bits per heavy atom. The van der Waals surface area contributed by atoms with Gasteiger partial charge in [0.1, 0.15) is 0 Å². The van der Waals surface area contributed by atoms with Gasteiger partial charge in [-0.15, -0.1) is 11.3 Å². The van der Waals surface area contributed by atoms with E-state index in [1.54, 1.807) is 17.5 Å². The van der Waals surface area contributed by atoms with Crippen molar-refractivity contribution in [2.45, 2.75) is 239 Å². The number of ether oxygens (including phenoxy) is 3. The molecule has 5 heterocycles. The van der Waals surface area contributed by atoms with Gasteiger partial charge in [-0.3, -0.25) is 4.98 Å². The molecule has 80 heavy (non-hydrogen) atoms. The first kappa shape index (κ1) is 76.6. The third-order valence-corrected chi connectivity index (χ3v) is 14.8. The molecule has 3 saturated heterocycles. The van der Waals surface area contributed by atoms with Crippen molar-refractivity contribution in [3.63, 3.8) is 0 Å². The number of aliphatic hydroxyl groups is 1. The van der Waals surface area contributed by atoms with Gasteiger partial charge in [0.15, 0.2) is 0 Å². The van der Waals surface area contributed by atoms with Crippen LogP contribution >= 0.6 is 11.3 Å². The van der Waals surface area contributed by atoms with Crippen LogP contribution in [0.15, 0.2) is 115 Å². The molecule has 6 fully saturated rings. The molecule has 2 aromatic heterocycles. The molecular weight excluding hydrogens is 999 g/mol. The summed E-state index contributed by atoms with van der Waals surface area (Å²) < 4.78 is 15.0. The molecule has 1 unspecified atom stereocenters. The van der Waals surface area contributed by atoms with Gasteiger partial charge in [-0.25, -0.2) is 0 Å². The standard InChI is InChI=1S/C11H10.C7H14O.C7H14.C7H8.C6H7N.C6H12O.C6H12.C5H10O.C5H6S.2C5H12.C4H8O/c1-9-6-7-10-4-2-3-5-11(10)8-9;1-6-2-4-7(8)5-3-6;2*1-7-5-3-2-4-6-7;1-6-4-2-3-5-7-6;1-6-2-4-7-5-3-6;1-6-4-2-3-5-6;1-5-2-3-6-4-5;1-5-3-2-4-6-5;1-5(2,3)4;1-3-5-4-2;1-4-2-5-3-4/h2-8H,1H3;6-8H,2-5H2,1H3;7H,2-6H2,1H3;2-6H,1H3;2-5H,1H3;6H,2-5H2,1H3;6H,2-5H2,1H3;5H,2-4H2,1H3;2-4H,1H3;1-4H3;3-5H2,1-2H3;4H,2-3H2,1H3. The number of thiophene rings is 1. The predicted octanol–water partition coefficient (Wildman–Crippen LogP) is 22.3. The molecule has 6 heteroatoms. The smallest absolute Gasteiger partial charge is 0.0540 e. The van der Waals surface area contributed by atoms with E-state index in [0.29, 0.717) is 5.41 Å². The van der Waals surface area contributed by atoms with Crippen LogP contribution in [0, 0.1) is 68.6 Å². The Bertz CT molecular complexity index is 1910. The Morgan fingerprint density at radius 1 is 0.463 bits per heavy atom. The van der Waals surface area contributed by atoms with Crippen LogP contribution in [-0.4, -0.2) is 55.8 Å². The first-order chi connectivity index (χ1) is 38.2. The summed E-state index contributed by atoms with van der Waals surface area (Å²) >= 11 is 1.78. The first-order valence-corrected chi connectivity index (χ1v) is 32.9. The van der Waals surface area contributed by atoms with Gasteiger partial charge in [-0.05, 0) is 142 Å². The van der Waals surface area contributed by atoms with Crippen LogP contribution in [0.4, 0.5) is 0 Å². The third-order valence-electron chi connectivity index (χ3n) is 14.0. The van der Waals surface area contributed by atoms with Gasteiger partial charge < -0.3 is 19.3 Å². The summed E-state index contributed by atoms with van der Waals surface area (Å²) in [5, 5.41) is 13.7. The minimum Gasteiger partial charge on any atom is -0.393 e. The van der Waals surface area contributed by atoms with E-state index in [2.05, 4.69) is 181 Å². The largest absolute Gasteiger partial charge is 0.393 e. The van der Waals surface area contributed by atoms with E-state index < -0.39 is 0 Å². The normalized spacial score (nSPS) is 19.4. The lowest BCUT2D eigenvalue weighted by molar-refractivity contribution is -0.0221. The van der Waals surface area contributed by atoms with Crippen molar-refractivity contribution in [2.75, 3.05) is 39.6 Å². The van der Waals surface area contributed by atoms with Crippen LogP contribution in [0.2, 0.25) is 0 Å². The van der Waals surface area contributed by atoms with Crippen LogP contribution in [-0.2, 0) is 14.2 Å². The highest BCUT2D eigenvalue weighted by Crippen LogP contribution is 2.24. The number of unbranched alkanes of at least 4 members (excludes halogenated alkanes) is 2. The first-order valence-electron chi connectivity index (χ1n) is 32.0. The van der Waals surface area contributed by atoms with Crippen molar-refractivity contribution in [2.24, 2.45) is 40.9 Å². The van der Waals surface area contributed by atoms with Crippen molar-refractivity contribution >= 4 is 22.1 Å². The minimum atomic E-state index is 0.0196. The van der Waals surface area contributed by atoms with E-state index in [9.17, 15) is 0 Å². The molecule has 11 rings (SSSR count). The Hall–Kier alpha value is -3.39. The second-order valence-electron chi connectivity index (χ2n) is 25.5. The lowest BCUT2D eigenvalue weighted by atomic mass is 9.89. The molecule has 0 bridgehead atoms. The van der Waals surface area contributed by atoms with Crippen molar-refractivity contribution in [1.82, 2.24) is 4.98 Å². The fourth-order valence-electron chi connectivity index (χ4n) is 8.51. The lowest BCUT2D eigenvalue weighted by Gasteiger charge is -2.21. The van der Waals surface area contributed by atoms with E-state index in [1.165, 1.54) is 136 Å². The maximum Gasteiger partial charge on any atom is 0.0540 e. The number of benzene rings is 3. The highest BCUT2D eigenvalue weighted by Gasteiger charge is 2.15. The number of pyridine rings is 1. The van der Waals surface area contributed by atoms with Gasteiger partial charge in [0.05, 0.1) is 19.3 Å². The molecule has 6 aliphatic rings. The van der Waals surface area contributed by atoms with Gasteiger partial charge >= 0.3 is 0 Å². The zero-order chi connectivity index (χ0) is 59.7. The molecule has 0 spiro atoms. The second-order valence-corrected chi connectivity index (χ2v) is 26.7. The molecule has 1 atom stereocenters. The van der Waals surface area contributed by atoms with Crippen LogP contribution < -0.4 is 0 Å². The van der Waals surface area contributed by atoms with E-state index >= 15 is 0 Å². The number of nitrogens with zero attached hydrogens (tertiary/aromatic N) is 1. The number of hydrogen-bond donors (Lipinski definition) is 1. The van der Waals surface area contributed by atoms with Gasteiger partial charge in [-0.1, -0.05) is 256 Å². The average Bonchev–Trinajstić information content (AvgIpc) is 4.25. The fraction of sp³-hybridized carbons (Fsp3) is 0.662. The summed E-state index contributed by atoms with van der Waals surface area (Å²) in [6.45, 7) is 41.0. The van der Waals surface area contributed by atoms with Crippen molar-refractivity contribution in [3.8, 4) is 0 Å². The molecule has 0 radical (unpaired) electrons. The summed E-state index contributed by atoms with van der Waals surface area (Å²) in [5.41, 5.74) is 4.22.